The molecule has 0 saturated heterocycles. The molecule has 0 unspecified atom stereocenters. The summed E-state index contributed by atoms with van der Waals surface area (Å²) in [6.45, 7) is 8.06. The van der Waals surface area contributed by atoms with Gasteiger partial charge in [0.05, 0.1) is 0 Å². The van der Waals surface area contributed by atoms with E-state index in [1.54, 1.807) is 0 Å². The smallest absolute Gasteiger partial charge is 0.191 e. The van der Waals surface area contributed by atoms with Crippen LogP contribution in [0.15, 0.2) is 4.99 Å². The molecule has 5 heteroatoms. The summed E-state index contributed by atoms with van der Waals surface area (Å²) in [6, 6.07) is 0.602. The SMILES string of the molecule is CCNC(=NCCCOCC1CC1)NC1CCC(C)CC1.I. The van der Waals surface area contributed by atoms with E-state index < -0.39 is 0 Å². The van der Waals surface area contributed by atoms with Crippen LogP contribution in [0, 0.1) is 11.8 Å². The number of ether oxygens (including phenoxy) is 1. The molecule has 0 aliphatic heterocycles. The molecule has 0 heterocycles. The van der Waals surface area contributed by atoms with E-state index >= 15 is 0 Å². The van der Waals surface area contributed by atoms with Crippen LogP contribution in [0.2, 0.25) is 0 Å². The van der Waals surface area contributed by atoms with Crippen molar-refractivity contribution in [3.63, 3.8) is 0 Å². The molecular formula is C17H34IN3O. The Kier molecular flexibility index (Phi) is 10.4. The van der Waals surface area contributed by atoms with Crippen LogP contribution in [0.25, 0.3) is 0 Å². The van der Waals surface area contributed by atoms with Crippen LogP contribution < -0.4 is 10.6 Å². The molecule has 0 amide bonds. The van der Waals surface area contributed by atoms with E-state index in [2.05, 4.69) is 29.5 Å². The summed E-state index contributed by atoms with van der Waals surface area (Å²) in [5.74, 6) is 2.74. The highest BCUT2D eigenvalue weighted by Gasteiger charge is 2.21. The Labute approximate surface area is 153 Å². The monoisotopic (exact) mass is 423 g/mol. The molecule has 0 spiro atoms. The molecular weight excluding hydrogens is 389 g/mol. The number of hydrogen-bond donors (Lipinski definition) is 2. The Morgan fingerprint density at radius 1 is 1.14 bits per heavy atom. The minimum Gasteiger partial charge on any atom is -0.381 e. The molecule has 130 valence electrons. The molecule has 2 fully saturated rings. The average Bonchev–Trinajstić information content (AvgIpc) is 3.29. The molecule has 4 nitrogen and oxygen atoms in total. The fraction of sp³-hybridized carbons (Fsp3) is 0.941. The highest BCUT2D eigenvalue weighted by molar-refractivity contribution is 14.0. The standard InChI is InChI=1S/C17H33N3O.HI/c1-3-18-17(20-16-9-5-14(2)6-10-16)19-11-4-12-21-13-15-7-8-15;/h14-16H,3-13H2,1-2H3,(H2,18,19,20);1H. The van der Waals surface area contributed by atoms with Gasteiger partial charge in [-0.3, -0.25) is 4.99 Å². The van der Waals surface area contributed by atoms with Gasteiger partial charge in [0.1, 0.15) is 0 Å². The minimum atomic E-state index is 0. The Hall–Kier alpha value is -0.0400. The van der Waals surface area contributed by atoms with Crippen molar-refractivity contribution in [2.75, 3.05) is 26.3 Å². The lowest BCUT2D eigenvalue weighted by atomic mass is 9.87. The van der Waals surface area contributed by atoms with Gasteiger partial charge >= 0.3 is 0 Å². The van der Waals surface area contributed by atoms with Crippen molar-refractivity contribution in [1.82, 2.24) is 10.6 Å². The molecule has 2 aliphatic carbocycles. The van der Waals surface area contributed by atoms with Crippen LogP contribution in [-0.2, 0) is 4.74 Å². The van der Waals surface area contributed by atoms with E-state index in [1.165, 1.54) is 38.5 Å². The van der Waals surface area contributed by atoms with E-state index in [0.29, 0.717) is 6.04 Å². The second-order valence-corrected chi connectivity index (χ2v) is 6.73. The quantitative estimate of drug-likeness (QED) is 0.272. The van der Waals surface area contributed by atoms with Crippen LogP contribution in [-0.4, -0.2) is 38.3 Å². The Morgan fingerprint density at radius 2 is 1.86 bits per heavy atom. The third kappa shape index (κ3) is 8.56. The molecule has 0 aromatic heterocycles. The van der Waals surface area contributed by atoms with Crippen LogP contribution >= 0.6 is 24.0 Å². The first kappa shape index (κ1) is 20.0. The zero-order valence-electron chi connectivity index (χ0n) is 14.3. The van der Waals surface area contributed by atoms with Gasteiger partial charge < -0.3 is 15.4 Å². The second-order valence-electron chi connectivity index (χ2n) is 6.73. The summed E-state index contributed by atoms with van der Waals surface area (Å²) in [5, 5.41) is 6.95. The van der Waals surface area contributed by atoms with Gasteiger partial charge in [-0.15, -0.1) is 24.0 Å². The maximum Gasteiger partial charge on any atom is 0.191 e. The fourth-order valence-electron chi connectivity index (χ4n) is 2.81. The molecule has 0 bridgehead atoms. The number of aliphatic imine (C=N–C) groups is 1. The summed E-state index contributed by atoms with van der Waals surface area (Å²) < 4.78 is 5.65. The normalized spacial score (nSPS) is 25.5. The van der Waals surface area contributed by atoms with Crippen molar-refractivity contribution in [3.05, 3.63) is 0 Å². The minimum absolute atomic E-state index is 0. The largest absolute Gasteiger partial charge is 0.381 e. The van der Waals surface area contributed by atoms with Gasteiger partial charge in [-0.25, -0.2) is 0 Å². The molecule has 2 rings (SSSR count). The van der Waals surface area contributed by atoms with Crippen molar-refractivity contribution in [1.29, 1.82) is 0 Å². The average molecular weight is 423 g/mol. The number of nitrogens with zero attached hydrogens (tertiary/aromatic N) is 1. The van der Waals surface area contributed by atoms with Gasteiger partial charge in [-0.2, -0.15) is 0 Å². The van der Waals surface area contributed by atoms with E-state index in [0.717, 1.165) is 50.5 Å². The molecule has 0 aromatic carbocycles. The van der Waals surface area contributed by atoms with E-state index in [1.807, 2.05) is 0 Å². The third-order valence-corrected chi connectivity index (χ3v) is 4.47. The van der Waals surface area contributed by atoms with E-state index in [4.69, 9.17) is 4.74 Å². The van der Waals surface area contributed by atoms with Crippen LogP contribution in [0.3, 0.4) is 0 Å². The van der Waals surface area contributed by atoms with Crippen molar-refractivity contribution >= 4 is 29.9 Å². The predicted octanol–water partition coefficient (Wildman–Crippen LogP) is 3.55. The van der Waals surface area contributed by atoms with Crippen LogP contribution in [0.1, 0.15) is 58.8 Å². The number of nitrogens with one attached hydrogen (secondary N) is 2. The van der Waals surface area contributed by atoms with E-state index in [9.17, 15) is 0 Å². The summed E-state index contributed by atoms with van der Waals surface area (Å²) in [7, 11) is 0. The highest BCUT2D eigenvalue weighted by Crippen LogP contribution is 2.28. The second kappa shape index (κ2) is 11.5. The van der Waals surface area contributed by atoms with Gasteiger partial charge in [0.15, 0.2) is 5.96 Å². The van der Waals surface area contributed by atoms with Crippen molar-refractivity contribution in [3.8, 4) is 0 Å². The highest BCUT2D eigenvalue weighted by atomic mass is 127. The lowest BCUT2D eigenvalue weighted by molar-refractivity contribution is 0.123. The van der Waals surface area contributed by atoms with Crippen molar-refractivity contribution in [2.45, 2.75) is 64.8 Å². The van der Waals surface area contributed by atoms with Crippen molar-refractivity contribution in [2.24, 2.45) is 16.8 Å². The molecule has 2 saturated carbocycles. The van der Waals surface area contributed by atoms with Gasteiger partial charge in [0.25, 0.3) is 0 Å². The van der Waals surface area contributed by atoms with Crippen molar-refractivity contribution < 1.29 is 4.74 Å². The molecule has 2 aliphatic rings. The molecule has 0 aromatic rings. The number of rotatable bonds is 8. The van der Waals surface area contributed by atoms with Gasteiger partial charge in [0, 0.05) is 32.3 Å². The first-order valence-corrected chi connectivity index (χ1v) is 8.90. The summed E-state index contributed by atoms with van der Waals surface area (Å²) in [4.78, 5) is 4.67. The third-order valence-electron chi connectivity index (χ3n) is 4.47. The lowest BCUT2D eigenvalue weighted by Crippen LogP contribution is -2.44. The number of hydrogen-bond acceptors (Lipinski definition) is 2. The van der Waals surface area contributed by atoms with Gasteiger partial charge in [0.2, 0.25) is 0 Å². The Balaban J connectivity index is 0.00000242. The molecule has 22 heavy (non-hydrogen) atoms. The fourth-order valence-corrected chi connectivity index (χ4v) is 2.81. The first-order valence-electron chi connectivity index (χ1n) is 8.90. The first-order chi connectivity index (χ1) is 10.3. The van der Waals surface area contributed by atoms with Gasteiger partial charge in [-0.05, 0) is 63.7 Å². The maximum atomic E-state index is 5.65. The van der Waals surface area contributed by atoms with Crippen LogP contribution in [0.5, 0.6) is 0 Å². The Morgan fingerprint density at radius 3 is 2.50 bits per heavy atom. The topological polar surface area (TPSA) is 45.7 Å². The summed E-state index contributed by atoms with van der Waals surface area (Å²) in [6.07, 6.45) is 8.98. The predicted molar refractivity (Wildman–Crippen MR) is 104 cm³/mol. The van der Waals surface area contributed by atoms with Crippen LogP contribution in [0.4, 0.5) is 0 Å². The summed E-state index contributed by atoms with van der Waals surface area (Å²) in [5.41, 5.74) is 0. The summed E-state index contributed by atoms with van der Waals surface area (Å²) >= 11 is 0. The number of guanidine groups is 1. The lowest BCUT2D eigenvalue weighted by Gasteiger charge is -2.28. The molecule has 2 N–H and O–H groups in total. The zero-order valence-corrected chi connectivity index (χ0v) is 16.6. The van der Waals surface area contributed by atoms with E-state index in [-0.39, 0.29) is 24.0 Å². The maximum absolute atomic E-state index is 5.65. The Bertz CT molecular complexity index is 313. The number of halogens is 1. The molecule has 0 atom stereocenters. The molecule has 0 radical (unpaired) electrons. The van der Waals surface area contributed by atoms with Gasteiger partial charge in [-0.1, -0.05) is 6.92 Å². The zero-order chi connectivity index (χ0) is 14.9.